The maximum Gasteiger partial charge on any atom is 0.131 e. The van der Waals surface area contributed by atoms with E-state index in [9.17, 15) is 8.78 Å². The molecule has 2 aromatic rings. The van der Waals surface area contributed by atoms with Gasteiger partial charge >= 0.3 is 0 Å². The molecule has 1 N–H and O–H groups in total. The molecular weight excluding hydrogens is 220 g/mol. The predicted molar refractivity (Wildman–Crippen MR) is 64.8 cm³/mol. The average Bonchev–Trinajstić information content (AvgIpc) is 2.30. The van der Waals surface area contributed by atoms with Crippen molar-refractivity contribution in [1.29, 1.82) is 0 Å². The minimum absolute atomic E-state index is 0.210. The fraction of sp³-hybridized carbons (Fsp3) is 0.143. The van der Waals surface area contributed by atoms with E-state index in [0.717, 1.165) is 11.8 Å². The van der Waals surface area contributed by atoms with Crippen molar-refractivity contribution in [2.24, 2.45) is 0 Å². The number of benzene rings is 2. The molecule has 3 heteroatoms. The highest BCUT2D eigenvalue weighted by atomic mass is 19.1. The van der Waals surface area contributed by atoms with Crippen LogP contribution in [0.15, 0.2) is 48.5 Å². The molecule has 0 aromatic heterocycles. The third-order valence-corrected chi connectivity index (χ3v) is 2.59. The average molecular weight is 233 g/mol. The van der Waals surface area contributed by atoms with Gasteiger partial charge in [0.1, 0.15) is 11.6 Å². The van der Waals surface area contributed by atoms with Gasteiger partial charge in [0.25, 0.3) is 0 Å². The lowest BCUT2D eigenvalue weighted by Crippen LogP contribution is -2.08. The largest absolute Gasteiger partial charge is 0.378 e. The highest BCUT2D eigenvalue weighted by molar-refractivity contribution is 5.45. The molecule has 17 heavy (non-hydrogen) atoms. The lowest BCUT2D eigenvalue weighted by atomic mass is 10.1. The second-order valence-electron chi connectivity index (χ2n) is 3.90. The lowest BCUT2D eigenvalue weighted by molar-refractivity contribution is 0.566. The molecule has 0 aliphatic rings. The van der Waals surface area contributed by atoms with E-state index in [4.69, 9.17) is 0 Å². The topological polar surface area (TPSA) is 12.0 Å². The Morgan fingerprint density at radius 3 is 2.35 bits per heavy atom. The smallest absolute Gasteiger partial charge is 0.131 e. The van der Waals surface area contributed by atoms with Gasteiger partial charge in [-0.05, 0) is 25.1 Å². The van der Waals surface area contributed by atoms with Crippen LogP contribution in [-0.4, -0.2) is 0 Å². The van der Waals surface area contributed by atoms with Crippen LogP contribution in [-0.2, 0) is 0 Å². The molecule has 0 saturated carbocycles. The van der Waals surface area contributed by atoms with Crippen LogP contribution in [0.3, 0.4) is 0 Å². The standard InChI is InChI=1S/C14H13F2N/c1-10(17-12-5-3-2-4-6-12)13-8-7-11(15)9-14(13)16/h2-10,17H,1H3. The third kappa shape index (κ3) is 2.81. The number of anilines is 1. The summed E-state index contributed by atoms with van der Waals surface area (Å²) in [4.78, 5) is 0. The molecule has 2 aromatic carbocycles. The molecule has 88 valence electrons. The van der Waals surface area contributed by atoms with Crippen molar-refractivity contribution in [3.05, 3.63) is 65.7 Å². The SMILES string of the molecule is CC(Nc1ccccc1)c1ccc(F)cc1F. The zero-order valence-electron chi connectivity index (χ0n) is 9.45. The van der Waals surface area contributed by atoms with Crippen molar-refractivity contribution in [3.8, 4) is 0 Å². The number of nitrogens with one attached hydrogen (secondary N) is 1. The Morgan fingerprint density at radius 1 is 1.00 bits per heavy atom. The fourth-order valence-electron chi connectivity index (χ4n) is 1.71. The van der Waals surface area contributed by atoms with Gasteiger partial charge in [-0.15, -0.1) is 0 Å². The number of hydrogen-bond acceptors (Lipinski definition) is 1. The van der Waals surface area contributed by atoms with Gasteiger partial charge in [0, 0.05) is 17.3 Å². The molecule has 2 rings (SSSR count). The second kappa shape index (κ2) is 4.95. The highest BCUT2D eigenvalue weighted by Gasteiger charge is 2.11. The molecular formula is C14H13F2N. The number of hydrogen-bond donors (Lipinski definition) is 1. The molecule has 0 amide bonds. The van der Waals surface area contributed by atoms with E-state index in [1.165, 1.54) is 12.1 Å². The molecule has 0 heterocycles. The van der Waals surface area contributed by atoms with Gasteiger partial charge in [0.05, 0.1) is 6.04 Å². The summed E-state index contributed by atoms with van der Waals surface area (Å²) in [6.45, 7) is 1.84. The molecule has 0 aliphatic carbocycles. The fourth-order valence-corrected chi connectivity index (χ4v) is 1.71. The first-order valence-corrected chi connectivity index (χ1v) is 5.43. The first-order valence-electron chi connectivity index (χ1n) is 5.43. The van der Waals surface area contributed by atoms with E-state index in [2.05, 4.69) is 5.32 Å². The molecule has 0 radical (unpaired) electrons. The Labute approximate surface area is 99.1 Å². The summed E-state index contributed by atoms with van der Waals surface area (Å²) in [5.74, 6) is -1.08. The predicted octanol–water partition coefficient (Wildman–Crippen LogP) is 4.14. The van der Waals surface area contributed by atoms with E-state index in [0.29, 0.717) is 5.56 Å². The Bertz CT molecular complexity index is 497. The quantitative estimate of drug-likeness (QED) is 0.840. The van der Waals surface area contributed by atoms with Gasteiger partial charge in [-0.1, -0.05) is 24.3 Å². The van der Waals surface area contributed by atoms with Crippen LogP contribution >= 0.6 is 0 Å². The molecule has 1 nitrogen and oxygen atoms in total. The molecule has 1 atom stereocenters. The summed E-state index contributed by atoms with van der Waals surface area (Å²) < 4.78 is 26.3. The van der Waals surface area contributed by atoms with Crippen molar-refractivity contribution in [2.75, 3.05) is 5.32 Å². The molecule has 0 spiro atoms. The van der Waals surface area contributed by atoms with Gasteiger partial charge in [-0.3, -0.25) is 0 Å². The molecule has 0 saturated heterocycles. The third-order valence-electron chi connectivity index (χ3n) is 2.59. The lowest BCUT2D eigenvalue weighted by Gasteiger charge is -2.16. The molecule has 0 fully saturated rings. The van der Waals surface area contributed by atoms with Crippen molar-refractivity contribution in [3.63, 3.8) is 0 Å². The summed E-state index contributed by atoms with van der Waals surface area (Å²) in [5, 5.41) is 3.16. The minimum Gasteiger partial charge on any atom is -0.378 e. The summed E-state index contributed by atoms with van der Waals surface area (Å²) in [6.07, 6.45) is 0. The first-order chi connectivity index (χ1) is 8.16. The second-order valence-corrected chi connectivity index (χ2v) is 3.90. The highest BCUT2D eigenvalue weighted by Crippen LogP contribution is 2.21. The van der Waals surface area contributed by atoms with Gasteiger partial charge < -0.3 is 5.32 Å². The normalized spacial score (nSPS) is 12.2. The van der Waals surface area contributed by atoms with E-state index in [-0.39, 0.29) is 6.04 Å². The zero-order chi connectivity index (χ0) is 12.3. The number of rotatable bonds is 3. The first kappa shape index (κ1) is 11.6. The van der Waals surface area contributed by atoms with Gasteiger partial charge in [0.15, 0.2) is 0 Å². The van der Waals surface area contributed by atoms with Crippen molar-refractivity contribution >= 4 is 5.69 Å². The van der Waals surface area contributed by atoms with Gasteiger partial charge in [0.2, 0.25) is 0 Å². The van der Waals surface area contributed by atoms with Crippen LogP contribution in [0.4, 0.5) is 14.5 Å². The molecule has 0 bridgehead atoms. The van der Waals surface area contributed by atoms with Crippen LogP contribution in [0.1, 0.15) is 18.5 Å². The maximum absolute atomic E-state index is 13.5. The summed E-state index contributed by atoms with van der Waals surface area (Å²) in [7, 11) is 0. The maximum atomic E-state index is 13.5. The van der Waals surface area contributed by atoms with Gasteiger partial charge in [-0.25, -0.2) is 8.78 Å². The van der Waals surface area contributed by atoms with Crippen LogP contribution in [0.2, 0.25) is 0 Å². The number of para-hydroxylation sites is 1. The molecule has 1 unspecified atom stereocenters. The van der Waals surface area contributed by atoms with Crippen LogP contribution < -0.4 is 5.32 Å². The van der Waals surface area contributed by atoms with Gasteiger partial charge in [-0.2, -0.15) is 0 Å². The number of halogens is 2. The van der Waals surface area contributed by atoms with E-state index >= 15 is 0 Å². The Kier molecular flexibility index (Phi) is 3.38. The van der Waals surface area contributed by atoms with E-state index in [1.54, 1.807) is 0 Å². The van der Waals surface area contributed by atoms with Crippen LogP contribution in [0.25, 0.3) is 0 Å². The summed E-state index contributed by atoms with van der Waals surface area (Å²) in [6, 6.07) is 12.9. The van der Waals surface area contributed by atoms with Crippen molar-refractivity contribution in [2.45, 2.75) is 13.0 Å². The summed E-state index contributed by atoms with van der Waals surface area (Å²) in [5.41, 5.74) is 1.36. The van der Waals surface area contributed by atoms with E-state index in [1.807, 2.05) is 37.3 Å². The van der Waals surface area contributed by atoms with Crippen LogP contribution in [0, 0.1) is 11.6 Å². The minimum atomic E-state index is -0.557. The Hall–Kier alpha value is -1.90. The molecule has 0 aliphatic heterocycles. The zero-order valence-corrected chi connectivity index (χ0v) is 9.45. The Balaban J connectivity index is 2.17. The van der Waals surface area contributed by atoms with Crippen molar-refractivity contribution in [1.82, 2.24) is 0 Å². The van der Waals surface area contributed by atoms with E-state index < -0.39 is 11.6 Å². The van der Waals surface area contributed by atoms with Crippen molar-refractivity contribution < 1.29 is 8.78 Å². The summed E-state index contributed by atoms with van der Waals surface area (Å²) >= 11 is 0. The van der Waals surface area contributed by atoms with Crippen LogP contribution in [0.5, 0.6) is 0 Å². The monoisotopic (exact) mass is 233 g/mol. The Morgan fingerprint density at radius 2 is 1.71 bits per heavy atom.